The Morgan fingerprint density at radius 1 is 1.33 bits per heavy atom. The lowest BCUT2D eigenvalue weighted by Crippen LogP contribution is -2.14. The van der Waals surface area contributed by atoms with E-state index in [9.17, 15) is 19.7 Å². The number of carbonyl (C=O) groups is 2. The van der Waals surface area contributed by atoms with E-state index in [1.54, 1.807) is 25.9 Å². The van der Waals surface area contributed by atoms with E-state index in [-0.39, 0.29) is 5.69 Å². The first-order valence-electron chi connectivity index (χ1n) is 5.66. The highest BCUT2D eigenvalue weighted by Gasteiger charge is 2.25. The Labute approximate surface area is 119 Å². The molecule has 0 amide bonds. The van der Waals surface area contributed by atoms with Crippen LogP contribution in [0.15, 0.2) is 11.8 Å². The molecule has 0 aliphatic heterocycles. The van der Waals surface area contributed by atoms with Crippen molar-refractivity contribution in [2.75, 3.05) is 14.1 Å². The van der Waals surface area contributed by atoms with E-state index < -0.39 is 33.8 Å². The van der Waals surface area contributed by atoms with Gasteiger partial charge in [0.1, 0.15) is 5.69 Å². The first-order valence-corrected chi connectivity index (χ1v) is 5.66. The second-order valence-electron chi connectivity index (χ2n) is 4.34. The number of carboxylic acid groups (broad SMARTS) is 2. The normalized spacial score (nSPS) is 11.1. The highest BCUT2D eigenvalue weighted by Crippen LogP contribution is 2.23. The molecule has 1 aromatic rings. The third kappa shape index (κ3) is 3.53. The van der Waals surface area contributed by atoms with Crippen molar-refractivity contribution in [3.63, 3.8) is 0 Å². The molecule has 112 valence electrons. The van der Waals surface area contributed by atoms with Gasteiger partial charge in [0.25, 0.3) is 5.69 Å². The second kappa shape index (κ2) is 5.99. The number of carboxylic acids is 2. The minimum absolute atomic E-state index is 0.214. The minimum atomic E-state index is -1.59. The molecule has 0 saturated heterocycles. The number of hydrogen-bond donors (Lipinski definition) is 2. The summed E-state index contributed by atoms with van der Waals surface area (Å²) in [6.07, 6.45) is 1.32. The van der Waals surface area contributed by atoms with E-state index in [4.69, 9.17) is 10.2 Å². The van der Waals surface area contributed by atoms with Crippen LogP contribution in [-0.2, 0) is 0 Å². The molecule has 0 bridgehead atoms. The topological polar surface area (TPSA) is 134 Å². The van der Waals surface area contributed by atoms with Crippen molar-refractivity contribution in [1.29, 1.82) is 0 Å². The highest BCUT2D eigenvalue weighted by atomic mass is 16.6. The zero-order valence-corrected chi connectivity index (χ0v) is 11.5. The van der Waals surface area contributed by atoms with Gasteiger partial charge in [-0.1, -0.05) is 0 Å². The quantitative estimate of drug-likeness (QED) is 0.613. The number of aromatic nitrogens is 1. The Morgan fingerprint density at radius 2 is 1.90 bits per heavy atom. The van der Waals surface area contributed by atoms with Crippen LogP contribution in [0.3, 0.4) is 0 Å². The van der Waals surface area contributed by atoms with Gasteiger partial charge < -0.3 is 15.1 Å². The Kier molecular flexibility index (Phi) is 4.59. The monoisotopic (exact) mass is 295 g/mol. The van der Waals surface area contributed by atoms with E-state index in [1.165, 1.54) is 6.08 Å². The molecule has 9 heteroatoms. The van der Waals surface area contributed by atoms with Gasteiger partial charge in [-0.25, -0.2) is 14.6 Å². The van der Waals surface area contributed by atoms with Crippen molar-refractivity contribution < 1.29 is 24.7 Å². The molecule has 9 nitrogen and oxygen atoms in total. The van der Waals surface area contributed by atoms with Gasteiger partial charge in [0.05, 0.1) is 10.5 Å². The fraction of sp³-hybridized carbons (Fsp3) is 0.250. The average Bonchev–Trinajstić information content (AvgIpc) is 2.37. The highest BCUT2D eigenvalue weighted by molar-refractivity contribution is 6.01. The number of nitrogens with zero attached hydrogens (tertiary/aromatic N) is 3. The fourth-order valence-corrected chi connectivity index (χ4v) is 1.42. The standard InChI is InChI=1S/C12H13N3O6/c1-6(14(2)3)4-8-9(15(20)21)5-7(11(16)17)10(13-8)12(18)19/h4-5H,1-3H3,(H,16,17)(H,18,19)/b6-4+. The van der Waals surface area contributed by atoms with Crippen molar-refractivity contribution in [2.24, 2.45) is 0 Å². The maximum Gasteiger partial charge on any atom is 0.355 e. The van der Waals surface area contributed by atoms with Gasteiger partial charge in [0.2, 0.25) is 0 Å². The van der Waals surface area contributed by atoms with Crippen LogP contribution in [0.5, 0.6) is 0 Å². The van der Waals surface area contributed by atoms with Gasteiger partial charge in [-0.2, -0.15) is 0 Å². The van der Waals surface area contributed by atoms with E-state index in [2.05, 4.69) is 4.98 Å². The van der Waals surface area contributed by atoms with Crippen molar-refractivity contribution in [3.8, 4) is 0 Å². The van der Waals surface area contributed by atoms with Crippen LogP contribution < -0.4 is 0 Å². The lowest BCUT2D eigenvalue weighted by Gasteiger charge is -2.12. The van der Waals surface area contributed by atoms with E-state index in [0.717, 1.165) is 0 Å². The molecule has 0 aliphatic rings. The summed E-state index contributed by atoms with van der Waals surface area (Å²) in [5, 5.41) is 28.9. The van der Waals surface area contributed by atoms with E-state index in [1.807, 2.05) is 0 Å². The van der Waals surface area contributed by atoms with Crippen LogP contribution in [0.1, 0.15) is 33.5 Å². The fourth-order valence-electron chi connectivity index (χ4n) is 1.42. The summed E-state index contributed by atoms with van der Waals surface area (Å²) in [5.41, 5.74) is -1.67. The van der Waals surface area contributed by atoms with Crippen LogP contribution in [-0.4, -0.2) is 51.1 Å². The summed E-state index contributed by atoms with van der Waals surface area (Å²) in [5.74, 6) is -3.16. The molecule has 1 rings (SSSR count). The first kappa shape index (κ1) is 16.1. The van der Waals surface area contributed by atoms with Crippen LogP contribution >= 0.6 is 0 Å². The maximum absolute atomic E-state index is 11.1. The van der Waals surface area contributed by atoms with Gasteiger partial charge in [0.15, 0.2) is 5.69 Å². The molecule has 0 fully saturated rings. The van der Waals surface area contributed by atoms with Crippen LogP contribution in [0.25, 0.3) is 6.08 Å². The van der Waals surface area contributed by atoms with Crippen molar-refractivity contribution in [3.05, 3.63) is 38.8 Å². The molecule has 0 radical (unpaired) electrons. The number of rotatable bonds is 5. The molecule has 0 spiro atoms. The number of nitro groups is 1. The molecule has 1 aromatic heterocycles. The lowest BCUT2D eigenvalue weighted by molar-refractivity contribution is -0.385. The van der Waals surface area contributed by atoms with Gasteiger partial charge in [0, 0.05) is 25.9 Å². The van der Waals surface area contributed by atoms with Crippen LogP contribution in [0, 0.1) is 10.1 Å². The predicted octanol–water partition coefficient (Wildman–Crippen LogP) is 1.31. The largest absolute Gasteiger partial charge is 0.478 e. The molecule has 0 unspecified atom stereocenters. The Bertz CT molecular complexity index is 651. The zero-order valence-electron chi connectivity index (χ0n) is 11.5. The SMILES string of the molecule is C/C(=C\c1nc(C(=O)O)c(C(=O)O)cc1[N+](=O)[O-])N(C)C. The van der Waals surface area contributed by atoms with E-state index in [0.29, 0.717) is 11.8 Å². The minimum Gasteiger partial charge on any atom is -0.478 e. The number of pyridine rings is 1. The molecular weight excluding hydrogens is 282 g/mol. The number of allylic oxidation sites excluding steroid dienone is 1. The second-order valence-corrected chi connectivity index (χ2v) is 4.34. The summed E-state index contributed by atoms with van der Waals surface area (Å²) >= 11 is 0. The van der Waals surface area contributed by atoms with Crippen LogP contribution in [0.2, 0.25) is 0 Å². The summed E-state index contributed by atoms with van der Waals surface area (Å²) in [6, 6.07) is 0.702. The number of aromatic carboxylic acids is 2. The Morgan fingerprint density at radius 3 is 2.29 bits per heavy atom. The third-order valence-electron chi connectivity index (χ3n) is 2.71. The molecule has 0 aliphatic carbocycles. The molecule has 21 heavy (non-hydrogen) atoms. The number of hydrogen-bond acceptors (Lipinski definition) is 6. The molecular formula is C12H13N3O6. The Hall–Kier alpha value is -2.97. The predicted molar refractivity (Wildman–Crippen MR) is 72.1 cm³/mol. The molecule has 0 aromatic carbocycles. The van der Waals surface area contributed by atoms with E-state index >= 15 is 0 Å². The summed E-state index contributed by atoms with van der Waals surface area (Å²) in [7, 11) is 3.39. The lowest BCUT2D eigenvalue weighted by atomic mass is 10.1. The molecule has 0 saturated carbocycles. The average molecular weight is 295 g/mol. The van der Waals surface area contributed by atoms with Gasteiger partial charge >= 0.3 is 11.9 Å². The first-order chi connectivity index (χ1) is 9.65. The van der Waals surface area contributed by atoms with Crippen molar-refractivity contribution in [2.45, 2.75) is 6.92 Å². The summed E-state index contributed by atoms with van der Waals surface area (Å²) < 4.78 is 0. The zero-order chi connectivity index (χ0) is 16.3. The summed E-state index contributed by atoms with van der Waals surface area (Å²) in [6.45, 7) is 1.65. The van der Waals surface area contributed by atoms with Gasteiger partial charge in [-0.3, -0.25) is 10.1 Å². The van der Waals surface area contributed by atoms with Gasteiger partial charge in [-0.15, -0.1) is 0 Å². The van der Waals surface area contributed by atoms with Gasteiger partial charge in [-0.05, 0) is 13.0 Å². The molecule has 0 atom stereocenters. The smallest absolute Gasteiger partial charge is 0.355 e. The maximum atomic E-state index is 11.1. The van der Waals surface area contributed by atoms with Crippen LogP contribution in [0.4, 0.5) is 5.69 Å². The third-order valence-corrected chi connectivity index (χ3v) is 2.71. The van der Waals surface area contributed by atoms with Crippen molar-refractivity contribution >= 4 is 23.7 Å². The molecule has 2 N–H and O–H groups in total. The molecule has 1 heterocycles. The summed E-state index contributed by atoms with van der Waals surface area (Å²) in [4.78, 5) is 37.5. The Balaban J connectivity index is 3.67. The van der Waals surface area contributed by atoms with Crippen molar-refractivity contribution in [1.82, 2.24) is 9.88 Å².